The van der Waals surface area contributed by atoms with E-state index in [0.717, 1.165) is 12.0 Å². The van der Waals surface area contributed by atoms with Gasteiger partial charge in [0.05, 0.1) is 6.42 Å². The second-order valence-electron chi connectivity index (χ2n) is 7.48. The second kappa shape index (κ2) is 10.4. The third-order valence-electron chi connectivity index (χ3n) is 4.96. The number of carboxylic acids is 1. The van der Waals surface area contributed by atoms with E-state index in [2.05, 4.69) is 16.0 Å². The Morgan fingerprint density at radius 1 is 0.906 bits per heavy atom. The molecule has 0 bridgehead atoms. The van der Waals surface area contributed by atoms with E-state index in [-0.39, 0.29) is 30.1 Å². The molecular weight excluding hydrogens is 410 g/mol. The van der Waals surface area contributed by atoms with Gasteiger partial charge >= 0.3 is 5.97 Å². The summed E-state index contributed by atoms with van der Waals surface area (Å²) in [4.78, 5) is 47.5. The van der Waals surface area contributed by atoms with E-state index >= 15 is 0 Å². The summed E-state index contributed by atoms with van der Waals surface area (Å²) in [6.07, 6.45) is 1.11. The number of anilines is 3. The van der Waals surface area contributed by atoms with Crippen LogP contribution >= 0.6 is 0 Å². The maximum atomic E-state index is 12.2. The molecule has 3 aromatic carbocycles. The molecule has 32 heavy (non-hydrogen) atoms. The lowest BCUT2D eigenvalue weighted by Crippen LogP contribution is -2.42. The molecule has 166 valence electrons. The summed E-state index contributed by atoms with van der Waals surface area (Å²) in [6.45, 7) is 2.42. The predicted octanol–water partition coefficient (Wildman–Crippen LogP) is 2.39. The molecule has 0 spiro atoms. The van der Waals surface area contributed by atoms with E-state index in [1.807, 2.05) is 37.3 Å². The van der Waals surface area contributed by atoms with Crippen molar-refractivity contribution < 1.29 is 14.7 Å². The van der Waals surface area contributed by atoms with Crippen molar-refractivity contribution in [1.29, 1.82) is 0 Å². The van der Waals surface area contributed by atoms with Crippen molar-refractivity contribution >= 4 is 28.9 Å². The van der Waals surface area contributed by atoms with E-state index in [1.54, 1.807) is 24.3 Å². The van der Waals surface area contributed by atoms with Gasteiger partial charge < -0.3 is 21.1 Å². The Bertz CT molecular complexity index is 1150. The highest BCUT2D eigenvalue weighted by Crippen LogP contribution is 2.18. The highest BCUT2D eigenvalue weighted by Gasteiger charge is 2.26. The molecule has 8 nitrogen and oxygen atoms in total. The summed E-state index contributed by atoms with van der Waals surface area (Å²) in [6, 6.07) is 15.1. The number of carbonyl (C=O) groups excluding carboxylic acids is 1. The van der Waals surface area contributed by atoms with Gasteiger partial charge in [0, 0.05) is 18.7 Å². The van der Waals surface area contributed by atoms with E-state index in [9.17, 15) is 24.3 Å². The fraction of sp³-hybridized carbons (Fsp3) is 0.250. The van der Waals surface area contributed by atoms with Crippen LogP contribution in [-0.2, 0) is 22.4 Å². The lowest BCUT2D eigenvalue weighted by atomic mass is 10.0. The summed E-state index contributed by atoms with van der Waals surface area (Å²) in [5.74, 6) is -1.29. The summed E-state index contributed by atoms with van der Waals surface area (Å²) >= 11 is 0. The first-order valence-corrected chi connectivity index (χ1v) is 10.4. The SMILES string of the molecule is CCCNc1c(N[C@@H](Cc2ccc(NC(=O)Cc3ccccc3)cc2)C(=O)O)c(=O)c1=O. The number of hydrogen-bond acceptors (Lipinski definition) is 6. The van der Waals surface area contributed by atoms with Gasteiger partial charge in [-0.2, -0.15) is 0 Å². The zero-order chi connectivity index (χ0) is 23.1. The molecule has 0 aliphatic heterocycles. The molecule has 1 atom stereocenters. The van der Waals surface area contributed by atoms with Crippen molar-refractivity contribution in [3.05, 3.63) is 86.2 Å². The van der Waals surface area contributed by atoms with Gasteiger partial charge in [-0.05, 0) is 29.7 Å². The number of hydrogen-bond donors (Lipinski definition) is 4. The van der Waals surface area contributed by atoms with E-state index in [0.29, 0.717) is 17.8 Å². The van der Waals surface area contributed by atoms with Crippen LogP contribution in [0.4, 0.5) is 17.1 Å². The quantitative estimate of drug-likeness (QED) is 0.341. The van der Waals surface area contributed by atoms with E-state index in [1.165, 1.54) is 0 Å². The van der Waals surface area contributed by atoms with Gasteiger partial charge in [-0.25, -0.2) is 4.79 Å². The predicted molar refractivity (Wildman–Crippen MR) is 124 cm³/mol. The normalized spacial score (nSPS) is 11.7. The maximum absolute atomic E-state index is 12.2. The second-order valence-corrected chi connectivity index (χ2v) is 7.48. The Hall–Kier alpha value is -3.94. The topological polar surface area (TPSA) is 125 Å². The van der Waals surface area contributed by atoms with Crippen molar-refractivity contribution in [2.75, 3.05) is 22.5 Å². The third kappa shape index (κ3) is 5.60. The molecule has 3 rings (SSSR count). The van der Waals surface area contributed by atoms with Crippen LogP contribution in [0.3, 0.4) is 0 Å². The number of carboxylic acid groups (broad SMARTS) is 1. The minimum atomic E-state index is -1.14. The first kappa shape index (κ1) is 22.7. The summed E-state index contributed by atoms with van der Waals surface area (Å²) in [7, 11) is 0. The summed E-state index contributed by atoms with van der Waals surface area (Å²) in [5, 5.41) is 17.9. The Morgan fingerprint density at radius 2 is 1.56 bits per heavy atom. The van der Waals surface area contributed by atoms with Crippen LogP contribution in [0.2, 0.25) is 0 Å². The molecule has 0 saturated carbocycles. The molecule has 0 aliphatic carbocycles. The monoisotopic (exact) mass is 435 g/mol. The van der Waals surface area contributed by atoms with Crippen LogP contribution in [0, 0.1) is 0 Å². The maximum Gasteiger partial charge on any atom is 0.326 e. The standard InChI is InChI=1S/C24H25N3O5/c1-2-12-25-20-21(23(30)22(20)29)27-18(24(31)32)13-16-8-10-17(11-9-16)26-19(28)14-15-6-4-3-5-7-15/h3-11,18,25,27H,2,12-14H2,1H3,(H,26,28)(H,31,32)/t18-/m0/s1. The highest BCUT2D eigenvalue weighted by molar-refractivity contribution is 5.92. The van der Waals surface area contributed by atoms with Crippen molar-refractivity contribution in [1.82, 2.24) is 0 Å². The molecule has 0 saturated heterocycles. The molecule has 0 unspecified atom stereocenters. The fourth-order valence-corrected chi connectivity index (χ4v) is 3.27. The van der Waals surface area contributed by atoms with Gasteiger partial charge in [0.2, 0.25) is 5.91 Å². The zero-order valence-corrected chi connectivity index (χ0v) is 17.7. The lowest BCUT2D eigenvalue weighted by molar-refractivity contribution is -0.137. The Morgan fingerprint density at radius 3 is 2.19 bits per heavy atom. The molecule has 0 aliphatic rings. The first-order chi connectivity index (χ1) is 15.4. The smallest absolute Gasteiger partial charge is 0.326 e. The summed E-state index contributed by atoms with van der Waals surface area (Å²) in [5.41, 5.74) is 1.01. The van der Waals surface area contributed by atoms with Gasteiger partial charge in [0.1, 0.15) is 17.4 Å². The van der Waals surface area contributed by atoms with Gasteiger partial charge in [-0.15, -0.1) is 0 Å². The van der Waals surface area contributed by atoms with E-state index < -0.39 is 22.9 Å². The molecule has 4 N–H and O–H groups in total. The van der Waals surface area contributed by atoms with Crippen LogP contribution in [0.5, 0.6) is 0 Å². The van der Waals surface area contributed by atoms with Crippen LogP contribution in [0.25, 0.3) is 0 Å². The number of aliphatic carboxylic acids is 1. The van der Waals surface area contributed by atoms with Gasteiger partial charge in [-0.3, -0.25) is 14.4 Å². The molecule has 0 radical (unpaired) electrons. The van der Waals surface area contributed by atoms with Crippen LogP contribution in [0.15, 0.2) is 64.2 Å². The van der Waals surface area contributed by atoms with Gasteiger partial charge in [0.15, 0.2) is 0 Å². The first-order valence-electron chi connectivity index (χ1n) is 10.4. The highest BCUT2D eigenvalue weighted by atomic mass is 16.4. The Kier molecular flexibility index (Phi) is 7.38. The minimum Gasteiger partial charge on any atom is -0.480 e. The number of nitrogens with one attached hydrogen (secondary N) is 3. The molecule has 0 aromatic heterocycles. The average Bonchev–Trinajstić information content (AvgIpc) is 2.79. The average molecular weight is 435 g/mol. The summed E-state index contributed by atoms with van der Waals surface area (Å²) < 4.78 is 0. The number of amides is 1. The minimum absolute atomic E-state index is 0.0145. The van der Waals surface area contributed by atoms with Gasteiger partial charge in [-0.1, -0.05) is 49.4 Å². The number of carbonyl (C=O) groups is 2. The van der Waals surface area contributed by atoms with Crippen LogP contribution < -0.4 is 26.8 Å². The molecular formula is C24H25N3O5. The largest absolute Gasteiger partial charge is 0.480 e. The zero-order valence-electron chi connectivity index (χ0n) is 17.7. The third-order valence-corrected chi connectivity index (χ3v) is 4.96. The molecule has 3 aromatic rings. The lowest BCUT2D eigenvalue weighted by Gasteiger charge is -2.20. The Balaban J connectivity index is 1.62. The fourth-order valence-electron chi connectivity index (χ4n) is 3.27. The molecule has 0 heterocycles. The van der Waals surface area contributed by atoms with E-state index in [4.69, 9.17) is 0 Å². The van der Waals surface area contributed by atoms with Crippen molar-refractivity contribution in [3.8, 4) is 0 Å². The van der Waals surface area contributed by atoms with Crippen LogP contribution in [-0.4, -0.2) is 29.6 Å². The Labute approximate surface area is 185 Å². The number of rotatable bonds is 11. The molecule has 1 amide bonds. The molecule has 8 heteroatoms. The molecule has 0 fully saturated rings. The van der Waals surface area contributed by atoms with Crippen molar-refractivity contribution in [3.63, 3.8) is 0 Å². The van der Waals surface area contributed by atoms with Crippen molar-refractivity contribution in [2.24, 2.45) is 0 Å². The van der Waals surface area contributed by atoms with Crippen LogP contribution in [0.1, 0.15) is 24.5 Å². The van der Waals surface area contributed by atoms with Crippen molar-refractivity contribution in [2.45, 2.75) is 32.2 Å². The number of benzene rings is 2. The van der Waals surface area contributed by atoms with Gasteiger partial charge in [0.25, 0.3) is 10.9 Å².